The van der Waals surface area contributed by atoms with Crippen molar-refractivity contribution in [1.82, 2.24) is 0 Å². The van der Waals surface area contributed by atoms with Crippen LogP contribution in [0.15, 0.2) is 40.9 Å². The Balaban J connectivity index is 1.96. The van der Waals surface area contributed by atoms with Gasteiger partial charge in [-0.1, -0.05) is 27.6 Å². The van der Waals surface area contributed by atoms with Gasteiger partial charge in [-0.2, -0.15) is 0 Å². The van der Waals surface area contributed by atoms with Crippen LogP contribution in [0.3, 0.4) is 0 Å². The highest BCUT2D eigenvalue weighted by molar-refractivity contribution is 9.10. The van der Waals surface area contributed by atoms with Crippen molar-refractivity contribution in [3.8, 4) is 5.75 Å². The number of phenolic OH excluding ortho intramolecular Hbond substituents is 1. The fourth-order valence-electron chi connectivity index (χ4n) is 1.80. The Morgan fingerprint density at radius 1 is 1.26 bits per heavy atom. The van der Waals surface area contributed by atoms with E-state index in [0.717, 1.165) is 5.56 Å². The van der Waals surface area contributed by atoms with Crippen LogP contribution in [0.2, 0.25) is 0 Å². The lowest BCUT2D eigenvalue weighted by molar-refractivity contribution is -0.119. The molecule has 1 amide bonds. The van der Waals surface area contributed by atoms with Crippen LogP contribution in [0.1, 0.15) is 15.9 Å². The first-order valence-corrected chi connectivity index (χ1v) is 7.38. The summed E-state index contributed by atoms with van der Waals surface area (Å²) in [6.07, 6.45) is 0. The molecule has 5 nitrogen and oxygen atoms in total. The number of carbonyl (C=O) groups is 2. The van der Waals surface area contributed by atoms with Crippen LogP contribution in [0.5, 0.6) is 5.75 Å². The summed E-state index contributed by atoms with van der Waals surface area (Å²) in [6.45, 7) is 1.15. The van der Waals surface area contributed by atoms with E-state index >= 15 is 0 Å². The number of carbonyl (C=O) groups excluding carboxylic acids is 2. The lowest BCUT2D eigenvalue weighted by Crippen LogP contribution is -2.21. The summed E-state index contributed by atoms with van der Waals surface area (Å²) in [4.78, 5) is 23.6. The SMILES string of the molecule is Cc1ccc(O)c(C(=O)OCC(=O)Nc2ccc(Br)cc2F)c1. The minimum absolute atomic E-state index is 0.0207. The van der Waals surface area contributed by atoms with Gasteiger partial charge in [-0.05, 0) is 37.3 Å². The third-order valence-electron chi connectivity index (χ3n) is 2.91. The van der Waals surface area contributed by atoms with E-state index in [-0.39, 0.29) is 17.0 Å². The van der Waals surface area contributed by atoms with Crippen LogP contribution in [-0.2, 0) is 9.53 Å². The van der Waals surface area contributed by atoms with Crippen molar-refractivity contribution >= 4 is 33.5 Å². The molecule has 23 heavy (non-hydrogen) atoms. The third-order valence-corrected chi connectivity index (χ3v) is 3.40. The van der Waals surface area contributed by atoms with Crippen molar-refractivity contribution in [2.75, 3.05) is 11.9 Å². The topological polar surface area (TPSA) is 75.6 Å². The standard InChI is InChI=1S/C16H13BrFNO4/c1-9-2-5-14(20)11(6-9)16(22)23-8-15(21)19-13-4-3-10(17)7-12(13)18/h2-7,20H,8H2,1H3,(H,19,21). The van der Waals surface area contributed by atoms with Gasteiger partial charge in [-0.15, -0.1) is 0 Å². The van der Waals surface area contributed by atoms with Gasteiger partial charge in [0, 0.05) is 4.47 Å². The summed E-state index contributed by atoms with van der Waals surface area (Å²) < 4.78 is 18.9. The van der Waals surface area contributed by atoms with Gasteiger partial charge in [-0.25, -0.2) is 9.18 Å². The smallest absolute Gasteiger partial charge is 0.342 e. The lowest BCUT2D eigenvalue weighted by Gasteiger charge is -2.09. The van der Waals surface area contributed by atoms with Gasteiger partial charge >= 0.3 is 5.97 Å². The Morgan fingerprint density at radius 3 is 2.70 bits per heavy atom. The third kappa shape index (κ3) is 4.53. The quantitative estimate of drug-likeness (QED) is 0.795. The van der Waals surface area contributed by atoms with Crippen LogP contribution >= 0.6 is 15.9 Å². The van der Waals surface area contributed by atoms with Crippen LogP contribution in [0.25, 0.3) is 0 Å². The zero-order valence-corrected chi connectivity index (χ0v) is 13.7. The van der Waals surface area contributed by atoms with Gasteiger partial charge in [0.05, 0.1) is 5.69 Å². The molecule has 120 valence electrons. The second kappa shape index (κ2) is 7.23. The first kappa shape index (κ1) is 17.0. The number of hydrogen-bond donors (Lipinski definition) is 2. The summed E-state index contributed by atoms with van der Waals surface area (Å²) in [5, 5.41) is 11.9. The number of hydrogen-bond acceptors (Lipinski definition) is 4. The van der Waals surface area contributed by atoms with E-state index in [1.807, 2.05) is 0 Å². The van der Waals surface area contributed by atoms with E-state index in [9.17, 15) is 19.1 Å². The number of esters is 1. The molecular formula is C16H13BrFNO4. The number of ether oxygens (including phenoxy) is 1. The van der Waals surface area contributed by atoms with Crippen molar-refractivity contribution in [2.24, 2.45) is 0 Å². The number of aryl methyl sites for hydroxylation is 1. The van der Waals surface area contributed by atoms with Gasteiger partial charge in [0.25, 0.3) is 5.91 Å². The number of benzene rings is 2. The van der Waals surface area contributed by atoms with E-state index in [2.05, 4.69) is 21.2 Å². The van der Waals surface area contributed by atoms with Crippen molar-refractivity contribution in [1.29, 1.82) is 0 Å². The maximum atomic E-state index is 13.6. The second-order valence-electron chi connectivity index (χ2n) is 4.77. The number of rotatable bonds is 4. The fourth-order valence-corrected chi connectivity index (χ4v) is 2.13. The summed E-state index contributed by atoms with van der Waals surface area (Å²) in [5.74, 6) is -2.38. The molecule has 0 spiro atoms. The Kier molecular flexibility index (Phi) is 5.33. The van der Waals surface area contributed by atoms with E-state index in [4.69, 9.17) is 4.74 Å². The Labute approximate surface area is 140 Å². The lowest BCUT2D eigenvalue weighted by atomic mass is 10.1. The number of amides is 1. The molecule has 0 heterocycles. The predicted molar refractivity (Wildman–Crippen MR) is 85.9 cm³/mol. The highest BCUT2D eigenvalue weighted by Gasteiger charge is 2.15. The number of nitrogens with one attached hydrogen (secondary N) is 1. The molecule has 0 aliphatic carbocycles. The van der Waals surface area contributed by atoms with Gasteiger partial charge in [0.2, 0.25) is 0 Å². The van der Waals surface area contributed by atoms with Crippen LogP contribution < -0.4 is 5.32 Å². The van der Waals surface area contributed by atoms with Gasteiger partial charge in [-0.3, -0.25) is 4.79 Å². The van der Waals surface area contributed by atoms with Crippen LogP contribution in [0, 0.1) is 12.7 Å². The molecular weight excluding hydrogens is 369 g/mol. The molecule has 2 N–H and O–H groups in total. The average Bonchev–Trinajstić information content (AvgIpc) is 2.50. The molecule has 0 aliphatic rings. The van der Waals surface area contributed by atoms with Crippen molar-refractivity contribution < 1.29 is 23.8 Å². The van der Waals surface area contributed by atoms with E-state index in [0.29, 0.717) is 4.47 Å². The Morgan fingerprint density at radius 2 is 2.00 bits per heavy atom. The van der Waals surface area contributed by atoms with Crippen molar-refractivity contribution in [3.05, 3.63) is 57.8 Å². The normalized spacial score (nSPS) is 10.2. The molecule has 0 saturated carbocycles. The molecule has 0 atom stereocenters. The molecule has 0 saturated heterocycles. The molecule has 0 aromatic heterocycles. The Hall–Kier alpha value is -2.41. The minimum atomic E-state index is -0.836. The predicted octanol–water partition coefficient (Wildman–Crippen LogP) is 3.40. The number of halogens is 2. The zero-order valence-electron chi connectivity index (χ0n) is 12.1. The molecule has 0 unspecified atom stereocenters. The molecule has 2 aromatic rings. The number of anilines is 1. The fraction of sp³-hybridized carbons (Fsp3) is 0.125. The van der Waals surface area contributed by atoms with Crippen molar-refractivity contribution in [3.63, 3.8) is 0 Å². The molecule has 2 aromatic carbocycles. The van der Waals surface area contributed by atoms with E-state index in [1.54, 1.807) is 19.1 Å². The maximum Gasteiger partial charge on any atom is 0.342 e. The summed E-state index contributed by atoms with van der Waals surface area (Å²) in [7, 11) is 0. The largest absolute Gasteiger partial charge is 0.507 e. The van der Waals surface area contributed by atoms with E-state index in [1.165, 1.54) is 24.3 Å². The minimum Gasteiger partial charge on any atom is -0.507 e. The van der Waals surface area contributed by atoms with Crippen LogP contribution in [-0.4, -0.2) is 23.6 Å². The first-order valence-electron chi connectivity index (χ1n) is 6.58. The molecule has 2 rings (SSSR count). The molecule has 0 fully saturated rings. The number of phenols is 1. The van der Waals surface area contributed by atoms with Gasteiger partial charge in [0.15, 0.2) is 6.61 Å². The first-order chi connectivity index (χ1) is 10.9. The maximum absolute atomic E-state index is 13.6. The summed E-state index contributed by atoms with van der Waals surface area (Å²) in [5.41, 5.74) is 0.705. The average molecular weight is 382 g/mol. The highest BCUT2D eigenvalue weighted by Crippen LogP contribution is 2.20. The zero-order chi connectivity index (χ0) is 17.0. The van der Waals surface area contributed by atoms with Crippen LogP contribution in [0.4, 0.5) is 10.1 Å². The monoisotopic (exact) mass is 381 g/mol. The molecule has 0 bridgehead atoms. The van der Waals surface area contributed by atoms with Gasteiger partial charge in [0.1, 0.15) is 17.1 Å². The van der Waals surface area contributed by atoms with Crippen molar-refractivity contribution in [2.45, 2.75) is 6.92 Å². The summed E-state index contributed by atoms with van der Waals surface area (Å²) >= 11 is 3.11. The molecule has 0 radical (unpaired) electrons. The second-order valence-corrected chi connectivity index (χ2v) is 5.68. The van der Waals surface area contributed by atoms with Gasteiger partial charge < -0.3 is 15.2 Å². The summed E-state index contributed by atoms with van der Waals surface area (Å²) in [6, 6.07) is 8.59. The number of aromatic hydroxyl groups is 1. The Bertz CT molecular complexity index is 764. The molecule has 0 aliphatic heterocycles. The highest BCUT2D eigenvalue weighted by atomic mass is 79.9. The molecule has 7 heteroatoms. The van der Waals surface area contributed by atoms with E-state index < -0.39 is 24.3 Å².